The number of methoxy groups -OCH3 is 1. The molecule has 2 saturated carbocycles. The highest BCUT2D eigenvalue weighted by Crippen LogP contribution is 2.45. The van der Waals surface area contributed by atoms with Gasteiger partial charge in [0.1, 0.15) is 34.6 Å². The van der Waals surface area contributed by atoms with Crippen LogP contribution in [0.25, 0.3) is 11.3 Å². The van der Waals surface area contributed by atoms with Crippen LogP contribution in [0, 0.1) is 22.7 Å². The monoisotopic (exact) mass is 580 g/mol. The molecule has 4 N–H and O–H groups in total. The third kappa shape index (κ3) is 6.96. The van der Waals surface area contributed by atoms with Crippen LogP contribution in [0.15, 0.2) is 30.5 Å². The Morgan fingerprint density at radius 1 is 1.19 bits per heavy atom. The molecule has 14 nitrogen and oxygen atoms in total. The van der Waals surface area contributed by atoms with Crippen molar-refractivity contribution in [2.45, 2.75) is 37.5 Å². The lowest BCUT2D eigenvalue weighted by Crippen LogP contribution is -2.50. The maximum atomic E-state index is 13.1. The van der Waals surface area contributed by atoms with Crippen LogP contribution in [0.4, 0.5) is 17.2 Å². The van der Waals surface area contributed by atoms with Gasteiger partial charge < -0.3 is 26.0 Å². The highest BCUT2D eigenvalue weighted by molar-refractivity contribution is 6.60. The Kier molecular flexibility index (Phi) is 8.12. The Morgan fingerprint density at radius 3 is 2.60 bits per heavy atom. The van der Waals surface area contributed by atoms with Crippen LogP contribution < -0.4 is 26.0 Å². The van der Waals surface area contributed by atoms with Crippen molar-refractivity contribution in [1.29, 1.82) is 5.26 Å². The molecule has 3 amide bonds. The molecule has 2 heterocycles. The Bertz CT molecular complexity index is 1610. The van der Waals surface area contributed by atoms with E-state index in [1.165, 1.54) is 11.9 Å². The minimum atomic E-state index is -0.884. The minimum Gasteiger partial charge on any atom is -0.494 e. The van der Waals surface area contributed by atoms with E-state index in [9.17, 15) is 19.6 Å². The molecule has 2 aromatic heterocycles. The number of amides is 3. The second-order valence-corrected chi connectivity index (χ2v) is 11.7. The van der Waals surface area contributed by atoms with Crippen LogP contribution in [0.5, 0.6) is 5.75 Å². The fourth-order valence-electron chi connectivity index (χ4n) is 4.37. The zero-order chi connectivity index (χ0) is 30.8. The van der Waals surface area contributed by atoms with Crippen LogP contribution in [0.3, 0.4) is 0 Å². The van der Waals surface area contributed by atoms with Crippen molar-refractivity contribution in [2.75, 3.05) is 24.3 Å². The molecule has 0 unspecified atom stereocenters. The summed E-state index contributed by atoms with van der Waals surface area (Å²) in [6, 6.07) is 9.05. The van der Waals surface area contributed by atoms with Crippen LogP contribution in [0.2, 0.25) is 0 Å². The summed E-state index contributed by atoms with van der Waals surface area (Å²) in [4.78, 5) is 39.2. The fourth-order valence-corrected chi connectivity index (χ4v) is 4.37. The maximum absolute atomic E-state index is 13.1. The molecule has 1 aromatic carbocycles. The zero-order valence-corrected chi connectivity index (χ0v) is 24.5. The second kappa shape index (κ2) is 11.8. The van der Waals surface area contributed by atoms with Crippen molar-refractivity contribution in [1.82, 2.24) is 35.8 Å². The van der Waals surface area contributed by atoms with Gasteiger partial charge in [-0.25, -0.2) is 0 Å². The SMILES string of the molecule is BC(B)(B)NC(=O)c1nnc(NC(=O)C2CC2)cc1Nc1cccc(-c2cnn(CCNC(=O)C3(C#N)CC3)n2)c1OC. The Morgan fingerprint density at radius 2 is 1.95 bits per heavy atom. The van der Waals surface area contributed by atoms with Gasteiger partial charge in [0.05, 0.1) is 37.3 Å². The van der Waals surface area contributed by atoms with Gasteiger partial charge in [-0.1, -0.05) is 6.07 Å². The summed E-state index contributed by atoms with van der Waals surface area (Å²) in [6.45, 7) is 0.598. The van der Waals surface area contributed by atoms with E-state index in [4.69, 9.17) is 4.74 Å². The van der Waals surface area contributed by atoms with Gasteiger partial charge in [-0.05, 0) is 43.1 Å². The summed E-state index contributed by atoms with van der Waals surface area (Å²) in [6.07, 6.45) is 4.42. The lowest BCUT2D eigenvalue weighted by atomic mass is 9.49. The van der Waals surface area contributed by atoms with E-state index in [1.54, 1.807) is 24.4 Å². The van der Waals surface area contributed by atoms with E-state index in [0.717, 1.165) is 12.8 Å². The molecule has 2 aliphatic rings. The van der Waals surface area contributed by atoms with E-state index in [0.29, 0.717) is 47.8 Å². The average molecular weight is 580 g/mol. The average Bonchev–Trinajstić information content (AvgIpc) is 3.89. The van der Waals surface area contributed by atoms with E-state index in [2.05, 4.69) is 47.7 Å². The third-order valence-corrected chi connectivity index (χ3v) is 6.99. The highest BCUT2D eigenvalue weighted by Gasteiger charge is 2.50. The predicted octanol–water partition coefficient (Wildman–Crippen LogP) is -1.50. The summed E-state index contributed by atoms with van der Waals surface area (Å²) in [5.41, 5.74) is 1.16. The number of para-hydroxylation sites is 1. The number of rotatable bonds is 12. The first kappa shape index (κ1) is 29.6. The number of hydrogen-bond acceptors (Lipinski definition) is 10. The van der Waals surface area contributed by atoms with Gasteiger partial charge in [-0.15, -0.1) is 10.2 Å². The number of carbonyl (C=O) groups excluding carboxylic acids is 3. The summed E-state index contributed by atoms with van der Waals surface area (Å²) < 4.78 is 5.76. The van der Waals surface area contributed by atoms with Gasteiger partial charge in [0.15, 0.2) is 17.3 Å². The topological polar surface area (TPSA) is 189 Å². The van der Waals surface area contributed by atoms with Crippen molar-refractivity contribution < 1.29 is 19.1 Å². The van der Waals surface area contributed by atoms with Crippen LogP contribution >= 0.6 is 0 Å². The molecular weight excluding hydrogens is 549 g/mol. The van der Waals surface area contributed by atoms with E-state index in [-0.39, 0.29) is 35.8 Å². The van der Waals surface area contributed by atoms with E-state index < -0.39 is 16.6 Å². The maximum Gasteiger partial charge on any atom is 0.272 e. The Labute approximate surface area is 250 Å². The first-order valence-electron chi connectivity index (χ1n) is 14.1. The minimum absolute atomic E-state index is 0.0316. The van der Waals surface area contributed by atoms with Gasteiger partial charge >= 0.3 is 0 Å². The molecule has 5 rings (SSSR count). The van der Waals surface area contributed by atoms with Crippen molar-refractivity contribution in [2.24, 2.45) is 11.3 Å². The van der Waals surface area contributed by atoms with E-state index >= 15 is 0 Å². The van der Waals surface area contributed by atoms with Crippen molar-refractivity contribution in [3.63, 3.8) is 0 Å². The largest absolute Gasteiger partial charge is 0.494 e. The Balaban J connectivity index is 1.37. The first-order valence-corrected chi connectivity index (χ1v) is 14.1. The summed E-state index contributed by atoms with van der Waals surface area (Å²) in [7, 11) is 7.10. The van der Waals surface area contributed by atoms with Crippen LogP contribution in [-0.4, -0.2) is 85.3 Å². The molecule has 0 radical (unpaired) electrons. The van der Waals surface area contributed by atoms with Crippen molar-refractivity contribution in [3.05, 3.63) is 36.2 Å². The number of carbonyl (C=O) groups is 3. The molecule has 2 fully saturated rings. The van der Waals surface area contributed by atoms with E-state index in [1.807, 2.05) is 29.6 Å². The summed E-state index contributed by atoms with van der Waals surface area (Å²) in [5.74, 6) is -0.203. The molecular formula is C26H31B3N10O4. The lowest BCUT2D eigenvalue weighted by Gasteiger charge is -2.22. The number of nitrogens with one attached hydrogen (secondary N) is 4. The third-order valence-electron chi connectivity index (χ3n) is 6.99. The quantitative estimate of drug-likeness (QED) is 0.184. The number of nitrogens with zero attached hydrogens (tertiary/aromatic N) is 6. The molecule has 3 aromatic rings. The standard InChI is InChI=1S/C26H31B3N10O4/c1-43-21-15(18-12-32-39(38-18)10-9-31-24(42)25(13-30)7-8-25)3-2-4-16(21)33-17-11-19(34-22(40)14-5-6-14)36-37-20(17)23(41)35-26(27,28)29/h2-4,11-12,14H,5-10,27-29H2,1H3,(H,31,42)(H,35,41)(H2,33,34,36,40). The van der Waals surface area contributed by atoms with Gasteiger partial charge in [-0.2, -0.15) is 20.3 Å². The van der Waals surface area contributed by atoms with Crippen LogP contribution in [-0.2, 0) is 16.1 Å². The zero-order valence-electron chi connectivity index (χ0n) is 24.5. The number of benzene rings is 1. The predicted molar refractivity (Wildman–Crippen MR) is 165 cm³/mol. The number of anilines is 3. The van der Waals surface area contributed by atoms with Gasteiger partial charge in [0, 0.05) is 24.1 Å². The molecule has 43 heavy (non-hydrogen) atoms. The van der Waals surface area contributed by atoms with Gasteiger partial charge in [0.2, 0.25) is 11.8 Å². The van der Waals surface area contributed by atoms with Crippen molar-refractivity contribution >= 4 is 58.5 Å². The molecule has 0 atom stereocenters. The first-order chi connectivity index (χ1) is 20.5. The van der Waals surface area contributed by atoms with Gasteiger partial charge in [-0.3, -0.25) is 14.4 Å². The number of hydrogen-bond donors (Lipinski definition) is 4. The summed E-state index contributed by atoms with van der Waals surface area (Å²) in [5, 5.41) is 37.4. The molecule has 2 aliphatic carbocycles. The smallest absolute Gasteiger partial charge is 0.272 e. The molecule has 0 saturated heterocycles. The van der Waals surface area contributed by atoms with Crippen LogP contribution in [0.1, 0.15) is 36.2 Å². The fraction of sp³-hybridized carbons (Fsp3) is 0.385. The number of nitriles is 1. The Hall–Kier alpha value is -4.87. The molecule has 0 bridgehead atoms. The lowest BCUT2D eigenvalue weighted by molar-refractivity contribution is -0.124. The molecule has 218 valence electrons. The molecule has 0 spiro atoms. The second-order valence-electron chi connectivity index (χ2n) is 11.7. The molecule has 17 heteroatoms. The molecule has 0 aliphatic heterocycles. The number of ether oxygens (including phenoxy) is 1. The van der Waals surface area contributed by atoms with Crippen molar-refractivity contribution in [3.8, 4) is 23.1 Å². The highest BCUT2D eigenvalue weighted by atomic mass is 16.5. The normalized spacial score (nSPS) is 15.1. The number of aromatic nitrogens is 5. The summed E-state index contributed by atoms with van der Waals surface area (Å²) >= 11 is 0. The van der Waals surface area contributed by atoms with Gasteiger partial charge in [0.25, 0.3) is 5.91 Å².